The lowest BCUT2D eigenvalue weighted by Crippen LogP contribution is -2.39. The van der Waals surface area contributed by atoms with Crippen molar-refractivity contribution in [1.82, 2.24) is 0 Å². The lowest BCUT2D eigenvalue weighted by molar-refractivity contribution is -0.121. The van der Waals surface area contributed by atoms with E-state index in [0.717, 1.165) is 23.7 Å². The summed E-state index contributed by atoms with van der Waals surface area (Å²) in [5.41, 5.74) is 1.92. The van der Waals surface area contributed by atoms with Crippen LogP contribution in [0.15, 0.2) is 46.9 Å². The van der Waals surface area contributed by atoms with Gasteiger partial charge in [0.1, 0.15) is 5.75 Å². The number of halogens is 1. The molecule has 0 saturated heterocycles. The van der Waals surface area contributed by atoms with Crippen molar-refractivity contribution < 1.29 is 14.3 Å². The first-order valence-corrected chi connectivity index (χ1v) is 9.52. The highest BCUT2D eigenvalue weighted by atomic mass is 79.9. The van der Waals surface area contributed by atoms with E-state index in [9.17, 15) is 9.59 Å². The van der Waals surface area contributed by atoms with Gasteiger partial charge < -0.3 is 15.0 Å². The monoisotopic (exact) mass is 416 g/mol. The number of hydrogen-bond acceptors (Lipinski definition) is 3. The number of unbranched alkanes of at least 4 members (excludes halogenated alkanes) is 2. The molecule has 0 unspecified atom stereocenters. The van der Waals surface area contributed by atoms with E-state index in [1.165, 1.54) is 0 Å². The van der Waals surface area contributed by atoms with Crippen molar-refractivity contribution in [2.75, 3.05) is 23.4 Å². The highest BCUT2D eigenvalue weighted by Crippen LogP contribution is 2.35. The van der Waals surface area contributed by atoms with E-state index in [1.54, 1.807) is 35.2 Å². The molecule has 0 atom stereocenters. The molecule has 6 heteroatoms. The number of benzene rings is 2. The van der Waals surface area contributed by atoms with Gasteiger partial charge in [-0.2, -0.15) is 0 Å². The zero-order valence-corrected chi connectivity index (χ0v) is 16.2. The third kappa shape index (κ3) is 4.25. The second-order valence-electron chi connectivity index (χ2n) is 6.18. The van der Waals surface area contributed by atoms with Gasteiger partial charge in [0.2, 0.25) is 0 Å². The Balaban J connectivity index is 1.79. The largest absolute Gasteiger partial charge is 0.482 e. The Hall–Kier alpha value is -2.34. The van der Waals surface area contributed by atoms with Crippen molar-refractivity contribution in [3.63, 3.8) is 0 Å². The Morgan fingerprint density at radius 3 is 2.69 bits per heavy atom. The van der Waals surface area contributed by atoms with Gasteiger partial charge in [-0.25, -0.2) is 0 Å². The van der Waals surface area contributed by atoms with Crippen LogP contribution < -0.4 is 15.0 Å². The molecule has 136 valence electrons. The Labute approximate surface area is 161 Å². The SMILES string of the molecule is CCCCCN1C(=O)COc2ccc(NC(=O)c3ccc(Br)cc3)cc21. The highest BCUT2D eigenvalue weighted by Gasteiger charge is 2.25. The molecule has 0 aliphatic carbocycles. The average Bonchev–Trinajstić information content (AvgIpc) is 2.64. The fourth-order valence-corrected chi connectivity index (χ4v) is 3.11. The lowest BCUT2D eigenvalue weighted by Gasteiger charge is -2.29. The van der Waals surface area contributed by atoms with Crippen molar-refractivity contribution in [3.8, 4) is 5.75 Å². The molecular weight excluding hydrogens is 396 g/mol. The highest BCUT2D eigenvalue weighted by molar-refractivity contribution is 9.10. The Morgan fingerprint density at radius 2 is 1.96 bits per heavy atom. The number of nitrogens with one attached hydrogen (secondary N) is 1. The summed E-state index contributed by atoms with van der Waals surface area (Å²) in [5, 5.41) is 2.88. The van der Waals surface area contributed by atoms with E-state index in [1.807, 2.05) is 12.1 Å². The van der Waals surface area contributed by atoms with Gasteiger partial charge in [0.05, 0.1) is 5.69 Å². The number of nitrogens with zero attached hydrogens (tertiary/aromatic N) is 1. The number of ether oxygens (including phenoxy) is 1. The molecule has 1 aliphatic rings. The molecule has 0 spiro atoms. The summed E-state index contributed by atoms with van der Waals surface area (Å²) in [4.78, 5) is 26.4. The van der Waals surface area contributed by atoms with Gasteiger partial charge in [0, 0.05) is 22.3 Å². The van der Waals surface area contributed by atoms with E-state index in [0.29, 0.717) is 29.2 Å². The quantitative estimate of drug-likeness (QED) is 0.698. The molecule has 0 bridgehead atoms. The summed E-state index contributed by atoms with van der Waals surface area (Å²) in [6.45, 7) is 2.85. The van der Waals surface area contributed by atoms with E-state index < -0.39 is 0 Å². The predicted molar refractivity (Wildman–Crippen MR) is 106 cm³/mol. The molecule has 3 rings (SSSR count). The maximum Gasteiger partial charge on any atom is 0.265 e. The third-order valence-electron chi connectivity index (χ3n) is 4.25. The zero-order chi connectivity index (χ0) is 18.5. The Morgan fingerprint density at radius 1 is 1.19 bits per heavy atom. The lowest BCUT2D eigenvalue weighted by atomic mass is 10.1. The van der Waals surface area contributed by atoms with E-state index in [-0.39, 0.29) is 18.4 Å². The summed E-state index contributed by atoms with van der Waals surface area (Å²) < 4.78 is 6.44. The van der Waals surface area contributed by atoms with Crippen LogP contribution in [-0.4, -0.2) is 25.0 Å². The Kier molecular flexibility index (Phi) is 5.93. The second-order valence-corrected chi connectivity index (χ2v) is 7.10. The number of hydrogen-bond donors (Lipinski definition) is 1. The van der Waals surface area contributed by atoms with Crippen LogP contribution in [-0.2, 0) is 4.79 Å². The fraction of sp³-hybridized carbons (Fsp3) is 0.300. The minimum absolute atomic E-state index is 0.0509. The maximum absolute atomic E-state index is 12.4. The summed E-state index contributed by atoms with van der Waals surface area (Å²) in [5.74, 6) is 0.422. The van der Waals surface area contributed by atoms with Gasteiger partial charge in [-0.05, 0) is 48.9 Å². The van der Waals surface area contributed by atoms with Crippen LogP contribution in [0.2, 0.25) is 0 Å². The van der Waals surface area contributed by atoms with Gasteiger partial charge in [0.15, 0.2) is 6.61 Å². The number of fused-ring (bicyclic) bond motifs is 1. The number of anilines is 2. The summed E-state index contributed by atoms with van der Waals surface area (Å²) in [6.07, 6.45) is 3.10. The molecule has 2 amide bonds. The first-order chi connectivity index (χ1) is 12.6. The standard InChI is InChI=1S/C20H21BrN2O3/c1-2-3-4-11-23-17-12-16(9-10-18(17)26-13-19(23)24)22-20(25)14-5-7-15(21)8-6-14/h5-10,12H,2-4,11,13H2,1H3,(H,22,25). The van der Waals surface area contributed by atoms with Crippen LogP contribution in [0.4, 0.5) is 11.4 Å². The third-order valence-corrected chi connectivity index (χ3v) is 4.78. The molecule has 1 aliphatic heterocycles. The summed E-state index contributed by atoms with van der Waals surface area (Å²) in [7, 11) is 0. The molecule has 0 saturated carbocycles. The minimum atomic E-state index is -0.196. The van der Waals surface area contributed by atoms with Crippen LogP contribution in [0.3, 0.4) is 0 Å². The zero-order valence-electron chi connectivity index (χ0n) is 14.6. The van der Waals surface area contributed by atoms with Gasteiger partial charge in [-0.3, -0.25) is 9.59 Å². The van der Waals surface area contributed by atoms with Crippen molar-refractivity contribution in [2.45, 2.75) is 26.2 Å². The summed E-state index contributed by atoms with van der Waals surface area (Å²) in [6, 6.07) is 12.5. The van der Waals surface area contributed by atoms with Gasteiger partial charge in [0.25, 0.3) is 11.8 Å². The molecule has 0 radical (unpaired) electrons. The first kappa shape index (κ1) is 18.5. The predicted octanol–water partition coefficient (Wildman–Crippen LogP) is 4.62. The van der Waals surface area contributed by atoms with E-state index in [2.05, 4.69) is 28.2 Å². The molecule has 1 N–H and O–H groups in total. The number of carbonyl (C=O) groups excluding carboxylic acids is 2. The van der Waals surface area contributed by atoms with Gasteiger partial charge >= 0.3 is 0 Å². The minimum Gasteiger partial charge on any atom is -0.482 e. The van der Waals surface area contributed by atoms with Crippen LogP contribution in [0.5, 0.6) is 5.75 Å². The normalized spacial score (nSPS) is 13.2. The van der Waals surface area contributed by atoms with Crippen LogP contribution >= 0.6 is 15.9 Å². The van der Waals surface area contributed by atoms with Crippen LogP contribution in [0, 0.1) is 0 Å². The number of carbonyl (C=O) groups is 2. The molecule has 1 heterocycles. The number of rotatable bonds is 6. The smallest absolute Gasteiger partial charge is 0.265 e. The molecule has 2 aromatic rings. The molecule has 0 aromatic heterocycles. The maximum atomic E-state index is 12.4. The van der Waals surface area contributed by atoms with Crippen LogP contribution in [0.25, 0.3) is 0 Å². The Bertz CT molecular complexity index is 805. The molecule has 26 heavy (non-hydrogen) atoms. The average molecular weight is 417 g/mol. The van der Waals surface area contributed by atoms with Crippen molar-refractivity contribution >= 4 is 39.1 Å². The van der Waals surface area contributed by atoms with E-state index >= 15 is 0 Å². The second kappa shape index (κ2) is 8.36. The van der Waals surface area contributed by atoms with Gasteiger partial charge in [-0.1, -0.05) is 35.7 Å². The van der Waals surface area contributed by atoms with Gasteiger partial charge in [-0.15, -0.1) is 0 Å². The van der Waals surface area contributed by atoms with Crippen molar-refractivity contribution in [1.29, 1.82) is 0 Å². The summed E-state index contributed by atoms with van der Waals surface area (Å²) >= 11 is 3.36. The van der Waals surface area contributed by atoms with E-state index in [4.69, 9.17) is 4.74 Å². The molecule has 5 nitrogen and oxygen atoms in total. The molecular formula is C20H21BrN2O3. The topological polar surface area (TPSA) is 58.6 Å². The van der Waals surface area contributed by atoms with Crippen molar-refractivity contribution in [2.24, 2.45) is 0 Å². The van der Waals surface area contributed by atoms with Crippen LogP contribution in [0.1, 0.15) is 36.5 Å². The van der Waals surface area contributed by atoms with Crippen molar-refractivity contribution in [3.05, 3.63) is 52.5 Å². The molecule has 2 aromatic carbocycles. The fourth-order valence-electron chi connectivity index (χ4n) is 2.85. The molecule has 0 fully saturated rings. The number of amides is 2. The first-order valence-electron chi connectivity index (χ1n) is 8.72.